The third kappa shape index (κ3) is 3.43. The van der Waals surface area contributed by atoms with Crippen molar-refractivity contribution in [1.82, 2.24) is 10.3 Å². The molecule has 0 unspecified atom stereocenters. The number of nitrogens with one attached hydrogen (secondary N) is 1. The van der Waals surface area contributed by atoms with Gasteiger partial charge in [0.15, 0.2) is 0 Å². The summed E-state index contributed by atoms with van der Waals surface area (Å²) >= 11 is 0. The lowest BCUT2D eigenvalue weighted by atomic mass is 10.2. The second kappa shape index (κ2) is 5.50. The molecule has 2 rings (SSSR count). The molecule has 1 aliphatic rings. The van der Waals surface area contributed by atoms with Crippen LogP contribution in [0.4, 0.5) is 5.69 Å². The average Bonchev–Trinajstić information content (AvgIpc) is 3.12. The standard InChI is InChI=1S/C14H23N3/c1-11(2)8-16-10-12-9-15-7-6-14(12)17(3)13-4-5-13/h6-7,9,11,13,16H,4-5,8,10H2,1-3H3. The van der Waals surface area contributed by atoms with E-state index in [0.29, 0.717) is 5.92 Å². The number of hydrogen-bond acceptors (Lipinski definition) is 3. The fourth-order valence-electron chi connectivity index (χ4n) is 2.05. The van der Waals surface area contributed by atoms with Gasteiger partial charge in [-0.1, -0.05) is 13.8 Å². The molecule has 3 nitrogen and oxygen atoms in total. The Balaban J connectivity index is 1.99. The summed E-state index contributed by atoms with van der Waals surface area (Å²) in [5.41, 5.74) is 2.64. The van der Waals surface area contributed by atoms with Gasteiger partial charge in [0.1, 0.15) is 0 Å². The average molecular weight is 233 g/mol. The lowest BCUT2D eigenvalue weighted by Crippen LogP contribution is -2.24. The van der Waals surface area contributed by atoms with Crippen LogP contribution < -0.4 is 10.2 Å². The maximum atomic E-state index is 4.24. The van der Waals surface area contributed by atoms with Gasteiger partial charge >= 0.3 is 0 Å². The summed E-state index contributed by atoms with van der Waals surface area (Å²) in [5.74, 6) is 0.691. The van der Waals surface area contributed by atoms with E-state index < -0.39 is 0 Å². The molecule has 1 fully saturated rings. The van der Waals surface area contributed by atoms with E-state index in [2.05, 4.69) is 42.2 Å². The molecule has 94 valence electrons. The fourth-order valence-corrected chi connectivity index (χ4v) is 2.05. The first-order chi connectivity index (χ1) is 8.18. The summed E-state index contributed by atoms with van der Waals surface area (Å²) in [6, 6.07) is 2.88. The minimum Gasteiger partial charge on any atom is -0.371 e. The van der Waals surface area contributed by atoms with Crippen molar-refractivity contribution in [3.8, 4) is 0 Å². The summed E-state index contributed by atoms with van der Waals surface area (Å²) in [4.78, 5) is 6.64. The van der Waals surface area contributed by atoms with Crippen LogP contribution >= 0.6 is 0 Å². The van der Waals surface area contributed by atoms with Crippen molar-refractivity contribution in [3.63, 3.8) is 0 Å². The Labute approximate surface area is 104 Å². The van der Waals surface area contributed by atoms with Crippen molar-refractivity contribution in [1.29, 1.82) is 0 Å². The van der Waals surface area contributed by atoms with Gasteiger partial charge in [0.05, 0.1) is 0 Å². The van der Waals surface area contributed by atoms with Gasteiger partial charge in [0.2, 0.25) is 0 Å². The molecule has 1 aliphatic carbocycles. The Hall–Kier alpha value is -1.09. The molecule has 1 N–H and O–H groups in total. The zero-order valence-electron chi connectivity index (χ0n) is 11.1. The monoisotopic (exact) mass is 233 g/mol. The van der Waals surface area contributed by atoms with Crippen molar-refractivity contribution >= 4 is 5.69 Å². The van der Waals surface area contributed by atoms with E-state index in [4.69, 9.17) is 0 Å². The van der Waals surface area contributed by atoms with Gasteiger partial charge in [-0.15, -0.1) is 0 Å². The molecule has 0 atom stereocenters. The lowest BCUT2D eigenvalue weighted by Gasteiger charge is -2.22. The Morgan fingerprint density at radius 1 is 1.47 bits per heavy atom. The topological polar surface area (TPSA) is 28.2 Å². The van der Waals surface area contributed by atoms with Crippen molar-refractivity contribution in [2.45, 2.75) is 39.3 Å². The molecule has 0 saturated heterocycles. The molecular weight excluding hydrogens is 210 g/mol. The highest BCUT2D eigenvalue weighted by Gasteiger charge is 2.27. The maximum Gasteiger partial charge on any atom is 0.0442 e. The Morgan fingerprint density at radius 3 is 2.88 bits per heavy atom. The summed E-state index contributed by atoms with van der Waals surface area (Å²) in [7, 11) is 2.19. The van der Waals surface area contributed by atoms with Gasteiger partial charge in [-0.3, -0.25) is 4.98 Å². The third-order valence-electron chi connectivity index (χ3n) is 3.22. The van der Waals surface area contributed by atoms with Gasteiger partial charge in [0, 0.05) is 43.3 Å². The van der Waals surface area contributed by atoms with Crippen LogP contribution in [-0.4, -0.2) is 24.6 Å². The second-order valence-corrected chi connectivity index (χ2v) is 5.37. The van der Waals surface area contributed by atoms with Gasteiger partial charge in [-0.05, 0) is 31.4 Å². The molecule has 0 radical (unpaired) electrons. The van der Waals surface area contributed by atoms with E-state index in [9.17, 15) is 0 Å². The van der Waals surface area contributed by atoms with Gasteiger partial charge in [0.25, 0.3) is 0 Å². The number of nitrogens with zero attached hydrogens (tertiary/aromatic N) is 2. The van der Waals surface area contributed by atoms with E-state index in [1.54, 1.807) is 0 Å². The number of aromatic nitrogens is 1. The second-order valence-electron chi connectivity index (χ2n) is 5.37. The van der Waals surface area contributed by atoms with Crippen molar-refractivity contribution in [2.75, 3.05) is 18.5 Å². The first kappa shape index (κ1) is 12.4. The minimum atomic E-state index is 0.691. The highest BCUT2D eigenvalue weighted by molar-refractivity contribution is 5.53. The van der Waals surface area contributed by atoms with E-state index in [0.717, 1.165) is 19.1 Å². The van der Waals surface area contributed by atoms with Gasteiger partial charge in [-0.25, -0.2) is 0 Å². The molecule has 1 aromatic rings. The largest absolute Gasteiger partial charge is 0.371 e. The number of pyridine rings is 1. The minimum absolute atomic E-state index is 0.691. The van der Waals surface area contributed by atoms with E-state index >= 15 is 0 Å². The molecule has 0 aliphatic heterocycles. The van der Waals surface area contributed by atoms with E-state index in [-0.39, 0.29) is 0 Å². The lowest BCUT2D eigenvalue weighted by molar-refractivity contribution is 0.551. The Kier molecular flexibility index (Phi) is 4.00. The highest BCUT2D eigenvalue weighted by atomic mass is 15.2. The molecule has 1 saturated carbocycles. The summed E-state index contributed by atoms with van der Waals surface area (Å²) < 4.78 is 0. The molecule has 17 heavy (non-hydrogen) atoms. The van der Waals surface area contributed by atoms with Crippen molar-refractivity contribution < 1.29 is 0 Å². The molecule has 3 heteroatoms. The van der Waals surface area contributed by atoms with Crippen LogP contribution in [0.5, 0.6) is 0 Å². The fraction of sp³-hybridized carbons (Fsp3) is 0.643. The molecule has 0 spiro atoms. The zero-order valence-corrected chi connectivity index (χ0v) is 11.1. The van der Waals surface area contributed by atoms with Crippen LogP contribution in [-0.2, 0) is 6.54 Å². The van der Waals surface area contributed by atoms with Crippen LogP contribution in [0.3, 0.4) is 0 Å². The van der Waals surface area contributed by atoms with E-state index in [1.165, 1.54) is 24.1 Å². The maximum absolute atomic E-state index is 4.24. The zero-order chi connectivity index (χ0) is 12.3. The van der Waals surface area contributed by atoms with Crippen LogP contribution in [0.15, 0.2) is 18.5 Å². The highest BCUT2D eigenvalue weighted by Crippen LogP contribution is 2.31. The molecule has 0 amide bonds. The van der Waals surface area contributed by atoms with Crippen LogP contribution in [0.1, 0.15) is 32.3 Å². The van der Waals surface area contributed by atoms with Crippen molar-refractivity contribution in [3.05, 3.63) is 24.0 Å². The normalized spacial score (nSPS) is 15.3. The predicted molar refractivity (Wildman–Crippen MR) is 72.2 cm³/mol. The Morgan fingerprint density at radius 2 is 2.24 bits per heavy atom. The van der Waals surface area contributed by atoms with Crippen molar-refractivity contribution in [2.24, 2.45) is 5.92 Å². The van der Waals surface area contributed by atoms with Crippen LogP contribution in [0.2, 0.25) is 0 Å². The number of rotatable bonds is 6. The summed E-state index contributed by atoms with van der Waals surface area (Å²) in [6.07, 6.45) is 6.54. The third-order valence-corrected chi connectivity index (χ3v) is 3.22. The van der Waals surface area contributed by atoms with Gasteiger partial charge in [-0.2, -0.15) is 0 Å². The number of hydrogen-bond donors (Lipinski definition) is 1. The van der Waals surface area contributed by atoms with Gasteiger partial charge < -0.3 is 10.2 Å². The Bertz CT molecular complexity index is 358. The molecule has 0 bridgehead atoms. The molecular formula is C14H23N3. The first-order valence-electron chi connectivity index (χ1n) is 6.55. The molecule has 0 aromatic carbocycles. The number of anilines is 1. The predicted octanol–water partition coefficient (Wildman–Crippen LogP) is 2.43. The molecule has 1 heterocycles. The van der Waals surface area contributed by atoms with Crippen LogP contribution in [0, 0.1) is 5.92 Å². The summed E-state index contributed by atoms with van der Waals surface area (Å²) in [6.45, 7) is 6.43. The van der Waals surface area contributed by atoms with Crippen LogP contribution in [0.25, 0.3) is 0 Å². The quantitative estimate of drug-likeness (QED) is 0.818. The SMILES string of the molecule is CC(C)CNCc1cnccc1N(C)C1CC1. The first-order valence-corrected chi connectivity index (χ1v) is 6.55. The van der Waals surface area contributed by atoms with E-state index in [1.807, 2.05) is 12.4 Å². The summed E-state index contributed by atoms with van der Waals surface area (Å²) in [5, 5.41) is 3.49. The smallest absolute Gasteiger partial charge is 0.0442 e. The molecule has 1 aromatic heterocycles.